The van der Waals surface area contributed by atoms with Crippen LogP contribution in [0, 0.1) is 13.8 Å². The van der Waals surface area contributed by atoms with Crippen LogP contribution in [0.25, 0.3) is 22.0 Å². The van der Waals surface area contributed by atoms with Gasteiger partial charge in [0.15, 0.2) is 5.15 Å². The highest BCUT2D eigenvalue weighted by Crippen LogP contribution is 2.33. The number of aromatic nitrogens is 2. The molecule has 0 atom stereocenters. The van der Waals surface area contributed by atoms with Crippen LogP contribution >= 0.6 is 11.6 Å². The molecule has 106 valence electrons. The van der Waals surface area contributed by atoms with Crippen LogP contribution in [0.1, 0.15) is 11.1 Å². The molecular weight excluding hydrogens is 284 g/mol. The topological polar surface area (TPSA) is 35.0 Å². The van der Waals surface area contributed by atoms with Crippen LogP contribution in [0.3, 0.4) is 0 Å². The Balaban J connectivity index is 2.29. The third kappa shape index (κ3) is 2.34. The summed E-state index contributed by atoms with van der Waals surface area (Å²) in [5.74, 6) is 0.907. The van der Waals surface area contributed by atoms with Gasteiger partial charge in [-0.25, -0.2) is 0 Å². The number of nitrogens with zero attached hydrogens (tertiary/aromatic N) is 2. The van der Waals surface area contributed by atoms with Crippen molar-refractivity contribution in [2.45, 2.75) is 13.8 Å². The van der Waals surface area contributed by atoms with Gasteiger partial charge in [0.2, 0.25) is 0 Å². The lowest BCUT2D eigenvalue weighted by Gasteiger charge is -2.12. The second kappa shape index (κ2) is 5.34. The minimum atomic E-state index is 0.427. The molecule has 0 N–H and O–H groups in total. The van der Waals surface area contributed by atoms with E-state index in [4.69, 9.17) is 16.3 Å². The molecule has 0 saturated heterocycles. The van der Waals surface area contributed by atoms with Gasteiger partial charge in [0, 0.05) is 16.3 Å². The van der Waals surface area contributed by atoms with Gasteiger partial charge in [-0.3, -0.25) is 0 Å². The van der Waals surface area contributed by atoms with E-state index in [1.54, 1.807) is 7.11 Å². The second-order valence-electron chi connectivity index (χ2n) is 5.03. The molecule has 0 unspecified atom stereocenters. The number of benzene rings is 2. The van der Waals surface area contributed by atoms with Crippen molar-refractivity contribution in [3.8, 4) is 17.0 Å². The van der Waals surface area contributed by atoms with Crippen LogP contribution in [-0.4, -0.2) is 17.3 Å². The predicted molar refractivity (Wildman–Crippen MR) is 86.0 cm³/mol. The highest BCUT2D eigenvalue weighted by Gasteiger charge is 2.12. The molecule has 3 rings (SSSR count). The van der Waals surface area contributed by atoms with Gasteiger partial charge in [0.05, 0.1) is 7.11 Å². The summed E-state index contributed by atoms with van der Waals surface area (Å²) in [5, 5.41) is 10.7. The highest BCUT2D eigenvalue weighted by molar-refractivity contribution is 6.34. The molecule has 0 aliphatic heterocycles. The van der Waals surface area contributed by atoms with E-state index in [-0.39, 0.29) is 0 Å². The van der Waals surface area contributed by atoms with E-state index in [0.717, 1.165) is 38.9 Å². The lowest BCUT2D eigenvalue weighted by molar-refractivity contribution is 0.408. The summed E-state index contributed by atoms with van der Waals surface area (Å²) in [4.78, 5) is 0. The van der Waals surface area contributed by atoms with Crippen LogP contribution in [0.15, 0.2) is 36.4 Å². The molecule has 0 aliphatic carbocycles. The molecule has 21 heavy (non-hydrogen) atoms. The molecular formula is C17H15ClN2O. The van der Waals surface area contributed by atoms with Crippen LogP contribution in [0.4, 0.5) is 0 Å². The van der Waals surface area contributed by atoms with Crippen LogP contribution in [-0.2, 0) is 0 Å². The molecule has 0 amide bonds. The Morgan fingerprint density at radius 2 is 1.57 bits per heavy atom. The summed E-state index contributed by atoms with van der Waals surface area (Å²) in [7, 11) is 1.69. The molecule has 3 nitrogen and oxygen atoms in total. The first-order chi connectivity index (χ1) is 10.1. The summed E-state index contributed by atoms with van der Waals surface area (Å²) in [6.07, 6.45) is 0. The standard InChI is InChI=1S/C17H15ClN2O/c1-10-8-12(9-11(2)16(10)21-3)15-13-6-4-5-7-14(13)17(18)20-19-15/h4-9H,1-3H3. The fourth-order valence-corrected chi connectivity index (χ4v) is 2.90. The molecule has 1 aromatic heterocycles. The number of hydrogen-bond donors (Lipinski definition) is 0. The molecule has 0 aliphatic rings. The molecule has 0 spiro atoms. The second-order valence-corrected chi connectivity index (χ2v) is 5.39. The molecule has 0 bridgehead atoms. The van der Waals surface area contributed by atoms with Gasteiger partial charge in [-0.15, -0.1) is 10.2 Å². The fraction of sp³-hybridized carbons (Fsp3) is 0.176. The van der Waals surface area contributed by atoms with Crippen molar-refractivity contribution in [3.63, 3.8) is 0 Å². The van der Waals surface area contributed by atoms with Crippen molar-refractivity contribution in [2.75, 3.05) is 7.11 Å². The fourth-order valence-electron chi connectivity index (χ4n) is 2.69. The van der Waals surface area contributed by atoms with Crippen LogP contribution in [0.5, 0.6) is 5.75 Å². The van der Waals surface area contributed by atoms with Crippen molar-refractivity contribution >= 4 is 22.4 Å². The maximum atomic E-state index is 6.13. The molecule has 0 radical (unpaired) electrons. The lowest BCUT2D eigenvalue weighted by atomic mass is 10.00. The van der Waals surface area contributed by atoms with Crippen molar-refractivity contribution in [2.24, 2.45) is 0 Å². The number of hydrogen-bond acceptors (Lipinski definition) is 3. The number of halogens is 1. The Kier molecular flexibility index (Phi) is 3.52. The normalized spacial score (nSPS) is 10.9. The van der Waals surface area contributed by atoms with E-state index in [1.807, 2.05) is 38.1 Å². The number of aryl methyl sites for hydroxylation is 2. The summed E-state index contributed by atoms with van der Waals surface area (Å²) in [5.41, 5.74) is 4.01. The highest BCUT2D eigenvalue weighted by atomic mass is 35.5. The van der Waals surface area contributed by atoms with Gasteiger partial charge in [-0.2, -0.15) is 0 Å². The lowest BCUT2D eigenvalue weighted by Crippen LogP contribution is -1.95. The SMILES string of the molecule is COc1c(C)cc(-c2nnc(Cl)c3ccccc23)cc1C. The summed E-state index contributed by atoms with van der Waals surface area (Å²) < 4.78 is 5.42. The van der Waals surface area contributed by atoms with E-state index in [2.05, 4.69) is 22.3 Å². The third-order valence-corrected chi connectivity index (χ3v) is 3.86. The van der Waals surface area contributed by atoms with Crippen molar-refractivity contribution in [1.82, 2.24) is 10.2 Å². The summed E-state index contributed by atoms with van der Waals surface area (Å²) in [6.45, 7) is 4.06. The van der Waals surface area contributed by atoms with Gasteiger partial charge < -0.3 is 4.74 Å². The maximum Gasteiger partial charge on any atom is 0.159 e. The number of rotatable bonds is 2. The molecule has 4 heteroatoms. The Hall–Kier alpha value is -2.13. The van der Waals surface area contributed by atoms with Crippen molar-refractivity contribution in [3.05, 3.63) is 52.7 Å². The van der Waals surface area contributed by atoms with Gasteiger partial charge in [-0.1, -0.05) is 35.9 Å². The first kappa shape index (κ1) is 13.8. The Bertz CT molecular complexity index is 807. The first-order valence-electron chi connectivity index (χ1n) is 6.68. The van der Waals surface area contributed by atoms with Gasteiger partial charge >= 0.3 is 0 Å². The van der Waals surface area contributed by atoms with Gasteiger partial charge in [0.1, 0.15) is 11.4 Å². The number of fused-ring (bicyclic) bond motifs is 1. The number of methoxy groups -OCH3 is 1. The maximum absolute atomic E-state index is 6.13. The average Bonchev–Trinajstić information content (AvgIpc) is 2.47. The van der Waals surface area contributed by atoms with Crippen molar-refractivity contribution in [1.29, 1.82) is 0 Å². The third-order valence-electron chi connectivity index (χ3n) is 3.58. The molecule has 1 heterocycles. The van der Waals surface area contributed by atoms with Gasteiger partial charge in [-0.05, 0) is 37.1 Å². The van der Waals surface area contributed by atoms with Crippen LogP contribution in [0.2, 0.25) is 5.15 Å². The van der Waals surface area contributed by atoms with E-state index in [9.17, 15) is 0 Å². The average molecular weight is 299 g/mol. The Labute approximate surface area is 128 Å². The molecule has 2 aromatic carbocycles. The predicted octanol–water partition coefficient (Wildman–Crippen LogP) is 4.58. The minimum absolute atomic E-state index is 0.427. The number of ether oxygens (including phenoxy) is 1. The quantitative estimate of drug-likeness (QED) is 0.695. The molecule has 0 fully saturated rings. The largest absolute Gasteiger partial charge is 0.496 e. The zero-order valence-electron chi connectivity index (χ0n) is 12.1. The monoisotopic (exact) mass is 298 g/mol. The zero-order valence-corrected chi connectivity index (χ0v) is 12.9. The minimum Gasteiger partial charge on any atom is -0.496 e. The zero-order chi connectivity index (χ0) is 15.0. The van der Waals surface area contributed by atoms with Gasteiger partial charge in [0.25, 0.3) is 0 Å². The summed E-state index contributed by atoms with van der Waals surface area (Å²) in [6, 6.07) is 12.0. The Morgan fingerprint density at radius 1 is 0.952 bits per heavy atom. The van der Waals surface area contributed by atoms with E-state index >= 15 is 0 Å². The first-order valence-corrected chi connectivity index (χ1v) is 7.06. The van der Waals surface area contributed by atoms with E-state index in [1.165, 1.54) is 0 Å². The molecule has 3 aromatic rings. The smallest absolute Gasteiger partial charge is 0.159 e. The van der Waals surface area contributed by atoms with Crippen molar-refractivity contribution < 1.29 is 4.74 Å². The summed E-state index contributed by atoms with van der Waals surface area (Å²) >= 11 is 6.13. The molecule has 0 saturated carbocycles. The van der Waals surface area contributed by atoms with Crippen LogP contribution < -0.4 is 4.74 Å². The van der Waals surface area contributed by atoms with E-state index in [0.29, 0.717) is 5.15 Å². The van der Waals surface area contributed by atoms with E-state index < -0.39 is 0 Å². The Morgan fingerprint density at radius 3 is 2.19 bits per heavy atom.